The van der Waals surface area contributed by atoms with Gasteiger partial charge in [-0.05, 0) is 58.4 Å². The van der Waals surface area contributed by atoms with Crippen molar-refractivity contribution >= 4 is 43.5 Å². The van der Waals surface area contributed by atoms with E-state index in [0.717, 1.165) is 6.07 Å². The number of carbonyl (C=O) groups is 2. The van der Waals surface area contributed by atoms with Crippen molar-refractivity contribution in [3.63, 3.8) is 0 Å². The number of sulfonamides is 1. The van der Waals surface area contributed by atoms with E-state index in [-0.39, 0.29) is 10.5 Å². The number of anilines is 1. The van der Waals surface area contributed by atoms with Crippen LogP contribution in [0.4, 0.5) is 10.1 Å². The highest BCUT2D eigenvalue weighted by atomic mass is 79.9. The fourth-order valence-corrected chi connectivity index (χ4v) is 3.27. The molecule has 4 N–H and O–H groups in total. The molecule has 0 unspecified atom stereocenters. The number of rotatable bonds is 6. The van der Waals surface area contributed by atoms with E-state index in [1.807, 2.05) is 4.72 Å². The fourth-order valence-electron chi connectivity index (χ4n) is 1.83. The number of hydrogen-bond acceptors (Lipinski definition) is 4. The van der Waals surface area contributed by atoms with Crippen molar-refractivity contribution in [3.8, 4) is 0 Å². The lowest BCUT2D eigenvalue weighted by Gasteiger charge is -2.10. The van der Waals surface area contributed by atoms with Crippen molar-refractivity contribution in [2.24, 2.45) is 5.73 Å². The second-order valence-corrected chi connectivity index (χ2v) is 7.51. The average molecular weight is 430 g/mol. The fraction of sp³-hybridized carbons (Fsp3) is 0.0667. The minimum atomic E-state index is -4.01. The van der Waals surface area contributed by atoms with E-state index in [1.54, 1.807) is 0 Å². The molecule has 2 amide bonds. The van der Waals surface area contributed by atoms with Crippen LogP contribution < -0.4 is 15.8 Å². The number of nitrogens with two attached hydrogens (primary N) is 1. The Bertz CT molecular complexity index is 917. The predicted molar refractivity (Wildman–Crippen MR) is 92.9 cm³/mol. The molecule has 0 aliphatic heterocycles. The quantitative estimate of drug-likeness (QED) is 0.645. The number of benzene rings is 2. The van der Waals surface area contributed by atoms with Gasteiger partial charge in [-0.15, -0.1) is 0 Å². The minimum absolute atomic E-state index is 0.0475. The van der Waals surface area contributed by atoms with Crippen LogP contribution in [0.1, 0.15) is 10.4 Å². The summed E-state index contributed by atoms with van der Waals surface area (Å²) in [4.78, 5) is 22.9. The molecule has 0 atom stereocenters. The molecule has 25 heavy (non-hydrogen) atoms. The maximum absolute atomic E-state index is 12.9. The molecule has 0 bridgehead atoms. The van der Waals surface area contributed by atoms with E-state index in [0.29, 0.717) is 10.2 Å². The summed E-state index contributed by atoms with van der Waals surface area (Å²) in [5.74, 6) is -1.88. The van der Waals surface area contributed by atoms with Crippen LogP contribution in [0, 0.1) is 5.82 Å². The normalized spacial score (nSPS) is 11.1. The summed E-state index contributed by atoms with van der Waals surface area (Å²) in [5.41, 5.74) is 5.31. The van der Waals surface area contributed by atoms with Gasteiger partial charge >= 0.3 is 0 Å². The van der Waals surface area contributed by atoms with Gasteiger partial charge in [0.05, 0.1) is 17.0 Å². The molecular formula is C15H13BrFN3O4S. The Morgan fingerprint density at radius 1 is 1.12 bits per heavy atom. The van der Waals surface area contributed by atoms with Crippen molar-refractivity contribution in [2.75, 3.05) is 11.9 Å². The zero-order valence-electron chi connectivity index (χ0n) is 12.6. The average Bonchev–Trinajstić information content (AvgIpc) is 2.55. The third kappa shape index (κ3) is 5.08. The molecule has 0 fully saturated rings. The van der Waals surface area contributed by atoms with Crippen LogP contribution in [-0.2, 0) is 14.8 Å². The molecule has 7 nitrogen and oxygen atoms in total. The summed E-state index contributed by atoms with van der Waals surface area (Å²) >= 11 is 3.17. The Labute approximate surface area is 151 Å². The SMILES string of the molecule is NC(=O)CNS(=O)(=O)c1ccc(Br)c(C(=O)Nc2ccc(F)cc2)c1. The first-order valence-corrected chi connectivity index (χ1v) is 9.11. The van der Waals surface area contributed by atoms with Crippen LogP contribution in [0.25, 0.3) is 0 Å². The Morgan fingerprint density at radius 3 is 2.36 bits per heavy atom. The maximum atomic E-state index is 12.9. The zero-order chi connectivity index (χ0) is 18.6. The standard InChI is InChI=1S/C15H13BrFN3O4S/c16-13-6-5-11(25(23,24)19-8-14(18)21)7-12(13)15(22)20-10-3-1-9(17)2-4-10/h1-7,19H,8H2,(H2,18,21)(H,20,22). The molecule has 0 aromatic heterocycles. The molecule has 10 heteroatoms. The summed E-state index contributed by atoms with van der Waals surface area (Å²) < 4.78 is 39.5. The molecule has 0 aliphatic rings. The van der Waals surface area contributed by atoms with E-state index in [9.17, 15) is 22.4 Å². The van der Waals surface area contributed by atoms with Crippen LogP contribution >= 0.6 is 15.9 Å². The highest BCUT2D eigenvalue weighted by molar-refractivity contribution is 9.10. The Kier molecular flexibility index (Phi) is 5.88. The van der Waals surface area contributed by atoms with Gasteiger partial charge < -0.3 is 11.1 Å². The topological polar surface area (TPSA) is 118 Å². The summed E-state index contributed by atoms with van der Waals surface area (Å²) in [7, 11) is -4.01. The lowest BCUT2D eigenvalue weighted by molar-refractivity contribution is -0.116. The Balaban J connectivity index is 2.27. The lowest BCUT2D eigenvalue weighted by Crippen LogP contribution is -2.33. The third-order valence-electron chi connectivity index (χ3n) is 3.03. The van der Waals surface area contributed by atoms with Crippen LogP contribution in [0.15, 0.2) is 51.8 Å². The molecule has 0 spiro atoms. The van der Waals surface area contributed by atoms with Crippen LogP contribution in [0.5, 0.6) is 0 Å². The first kappa shape index (κ1) is 19.0. The third-order valence-corrected chi connectivity index (χ3v) is 5.12. The molecule has 0 radical (unpaired) electrons. The van der Waals surface area contributed by atoms with E-state index in [4.69, 9.17) is 5.73 Å². The molecular weight excluding hydrogens is 417 g/mol. The monoisotopic (exact) mass is 429 g/mol. The van der Waals surface area contributed by atoms with Gasteiger partial charge in [0.25, 0.3) is 5.91 Å². The number of carbonyl (C=O) groups excluding carboxylic acids is 2. The second-order valence-electron chi connectivity index (χ2n) is 4.89. The van der Waals surface area contributed by atoms with Crippen LogP contribution in [0.3, 0.4) is 0 Å². The van der Waals surface area contributed by atoms with Gasteiger partial charge in [-0.1, -0.05) is 0 Å². The number of amides is 2. The summed E-state index contributed by atoms with van der Waals surface area (Å²) in [5, 5.41) is 2.53. The molecule has 132 valence electrons. The largest absolute Gasteiger partial charge is 0.369 e. The Morgan fingerprint density at radius 2 is 1.76 bits per heavy atom. The van der Waals surface area contributed by atoms with E-state index in [2.05, 4.69) is 21.2 Å². The van der Waals surface area contributed by atoms with Gasteiger partial charge in [-0.2, -0.15) is 0 Å². The molecule has 2 rings (SSSR count). The smallest absolute Gasteiger partial charge is 0.256 e. The molecule has 0 saturated carbocycles. The van der Waals surface area contributed by atoms with E-state index in [1.165, 1.54) is 36.4 Å². The van der Waals surface area contributed by atoms with Gasteiger partial charge in [-0.25, -0.2) is 17.5 Å². The second kappa shape index (κ2) is 7.72. The van der Waals surface area contributed by atoms with Gasteiger partial charge in [0, 0.05) is 10.2 Å². The van der Waals surface area contributed by atoms with Gasteiger partial charge in [0.2, 0.25) is 15.9 Å². The van der Waals surface area contributed by atoms with Crippen molar-refractivity contribution in [2.45, 2.75) is 4.90 Å². The highest BCUT2D eigenvalue weighted by Gasteiger charge is 2.19. The first-order valence-electron chi connectivity index (χ1n) is 6.83. The van der Waals surface area contributed by atoms with E-state index >= 15 is 0 Å². The van der Waals surface area contributed by atoms with Gasteiger partial charge in [0.1, 0.15) is 5.82 Å². The summed E-state index contributed by atoms with van der Waals surface area (Å²) in [6, 6.07) is 8.90. The zero-order valence-corrected chi connectivity index (χ0v) is 15.0. The number of nitrogens with one attached hydrogen (secondary N) is 2. The number of halogens is 2. The van der Waals surface area contributed by atoms with Crippen LogP contribution in [0.2, 0.25) is 0 Å². The Hall–Kier alpha value is -2.30. The highest BCUT2D eigenvalue weighted by Crippen LogP contribution is 2.22. The van der Waals surface area contributed by atoms with E-state index < -0.39 is 34.2 Å². The minimum Gasteiger partial charge on any atom is -0.369 e. The molecule has 2 aromatic rings. The molecule has 0 saturated heterocycles. The number of primary amides is 1. The summed E-state index contributed by atoms with van der Waals surface area (Å²) in [6.07, 6.45) is 0. The summed E-state index contributed by atoms with van der Waals surface area (Å²) in [6.45, 7) is -0.560. The van der Waals surface area contributed by atoms with Crippen molar-refractivity contribution in [1.82, 2.24) is 4.72 Å². The van der Waals surface area contributed by atoms with Crippen LogP contribution in [-0.4, -0.2) is 26.8 Å². The molecule has 0 heterocycles. The van der Waals surface area contributed by atoms with Crippen molar-refractivity contribution in [1.29, 1.82) is 0 Å². The van der Waals surface area contributed by atoms with Gasteiger partial charge in [-0.3, -0.25) is 9.59 Å². The van der Waals surface area contributed by atoms with Crippen molar-refractivity contribution < 1.29 is 22.4 Å². The van der Waals surface area contributed by atoms with Crippen molar-refractivity contribution in [3.05, 3.63) is 58.3 Å². The number of hydrogen-bond donors (Lipinski definition) is 3. The van der Waals surface area contributed by atoms with Gasteiger partial charge in [0.15, 0.2) is 0 Å². The lowest BCUT2D eigenvalue weighted by atomic mass is 10.2. The molecule has 2 aromatic carbocycles. The predicted octanol–water partition coefficient (Wildman–Crippen LogP) is 1.60. The molecule has 0 aliphatic carbocycles. The first-order chi connectivity index (χ1) is 11.7. The maximum Gasteiger partial charge on any atom is 0.256 e.